The summed E-state index contributed by atoms with van der Waals surface area (Å²) in [5.74, 6) is 0.355. The van der Waals surface area contributed by atoms with Crippen LogP contribution in [0.4, 0.5) is 4.39 Å². The smallest absolute Gasteiger partial charge is 0.337 e. The lowest BCUT2D eigenvalue weighted by Gasteiger charge is -2.11. The van der Waals surface area contributed by atoms with Crippen LogP contribution in [-0.2, 0) is 19.6 Å². The molecule has 0 saturated carbocycles. The highest BCUT2D eigenvalue weighted by molar-refractivity contribution is 5.91. The summed E-state index contributed by atoms with van der Waals surface area (Å²) in [7, 11) is 0. The summed E-state index contributed by atoms with van der Waals surface area (Å²) in [4.78, 5) is 11.8. The van der Waals surface area contributed by atoms with Gasteiger partial charge in [-0.1, -0.05) is 18.2 Å². The molecule has 3 aromatic rings. The summed E-state index contributed by atoms with van der Waals surface area (Å²) < 4.78 is 21.4. The molecule has 142 valence electrons. The number of rotatable bonds is 7. The van der Waals surface area contributed by atoms with Crippen LogP contribution in [-0.4, -0.2) is 15.6 Å². The van der Waals surface area contributed by atoms with Crippen LogP contribution >= 0.6 is 0 Å². The van der Waals surface area contributed by atoms with Gasteiger partial charge in [0.1, 0.15) is 17.3 Å². The van der Waals surface area contributed by atoms with E-state index in [1.54, 1.807) is 25.1 Å². The molecule has 3 rings (SSSR count). The molecule has 0 bridgehead atoms. The summed E-state index contributed by atoms with van der Waals surface area (Å²) >= 11 is 0. The van der Waals surface area contributed by atoms with Crippen LogP contribution in [0.5, 0.6) is 0 Å². The van der Waals surface area contributed by atoms with E-state index in [0.717, 1.165) is 17.2 Å². The lowest BCUT2D eigenvalue weighted by molar-refractivity contribution is 0.0694. The predicted octanol–water partition coefficient (Wildman–Crippen LogP) is 4.18. The molecule has 0 fully saturated rings. The van der Waals surface area contributed by atoms with Crippen molar-refractivity contribution in [3.8, 4) is 0 Å². The Morgan fingerprint density at radius 3 is 2.48 bits per heavy atom. The third-order valence-electron chi connectivity index (χ3n) is 4.81. The molecular weight excluding hydrogens is 347 g/mol. The minimum atomic E-state index is -0.978. The van der Waals surface area contributed by atoms with E-state index in [0.29, 0.717) is 36.5 Å². The van der Waals surface area contributed by atoms with Crippen LogP contribution in [0, 0.1) is 26.6 Å². The van der Waals surface area contributed by atoms with E-state index in [9.17, 15) is 14.3 Å². The summed E-state index contributed by atoms with van der Waals surface area (Å²) in [5, 5.41) is 12.9. The number of benzene rings is 1. The molecule has 0 aliphatic carbocycles. The largest absolute Gasteiger partial charge is 0.478 e. The van der Waals surface area contributed by atoms with Crippen molar-refractivity contribution in [3.63, 3.8) is 0 Å². The molecule has 0 radical (unpaired) electrons. The van der Waals surface area contributed by atoms with E-state index < -0.39 is 5.97 Å². The second-order valence-corrected chi connectivity index (χ2v) is 6.62. The summed E-state index contributed by atoms with van der Waals surface area (Å²) in [6.07, 6.45) is 0. The van der Waals surface area contributed by atoms with Crippen molar-refractivity contribution in [1.29, 1.82) is 0 Å². The first-order valence-corrected chi connectivity index (χ1v) is 8.79. The fraction of sp³-hybridized carbons (Fsp3) is 0.286. The Balaban J connectivity index is 1.86. The van der Waals surface area contributed by atoms with Gasteiger partial charge in [0.2, 0.25) is 0 Å². The van der Waals surface area contributed by atoms with Crippen molar-refractivity contribution in [2.45, 2.75) is 40.4 Å². The maximum absolute atomic E-state index is 14.0. The van der Waals surface area contributed by atoms with Crippen LogP contribution in [0.2, 0.25) is 0 Å². The minimum Gasteiger partial charge on any atom is -0.478 e. The van der Waals surface area contributed by atoms with Gasteiger partial charge in [-0.3, -0.25) is 0 Å². The molecule has 2 heterocycles. The molecule has 5 nitrogen and oxygen atoms in total. The molecule has 0 atom stereocenters. The lowest BCUT2D eigenvalue weighted by Crippen LogP contribution is -2.15. The van der Waals surface area contributed by atoms with E-state index in [4.69, 9.17) is 4.42 Å². The number of furan rings is 1. The molecule has 2 aromatic heterocycles. The SMILES string of the molecule is Cc1ccc(CNCc2c(C(=O)O)c(C)n(Cc3ccccc3F)c2C)o1. The average Bonchev–Trinajstić information content (AvgIpc) is 3.13. The zero-order valence-corrected chi connectivity index (χ0v) is 15.7. The topological polar surface area (TPSA) is 67.4 Å². The first kappa shape index (κ1) is 18.9. The summed E-state index contributed by atoms with van der Waals surface area (Å²) in [6.45, 7) is 6.69. The van der Waals surface area contributed by atoms with Gasteiger partial charge in [-0.05, 0) is 39.0 Å². The van der Waals surface area contributed by atoms with Gasteiger partial charge in [0.15, 0.2) is 0 Å². The number of carboxylic acid groups (broad SMARTS) is 1. The highest BCUT2D eigenvalue weighted by atomic mass is 19.1. The van der Waals surface area contributed by atoms with Crippen LogP contribution in [0.15, 0.2) is 40.8 Å². The quantitative estimate of drug-likeness (QED) is 0.655. The fourth-order valence-corrected chi connectivity index (χ4v) is 3.37. The van der Waals surface area contributed by atoms with Crippen molar-refractivity contribution in [2.75, 3.05) is 0 Å². The van der Waals surface area contributed by atoms with Crippen molar-refractivity contribution < 1.29 is 18.7 Å². The Morgan fingerprint density at radius 2 is 1.85 bits per heavy atom. The van der Waals surface area contributed by atoms with E-state index in [2.05, 4.69) is 5.32 Å². The van der Waals surface area contributed by atoms with E-state index >= 15 is 0 Å². The third kappa shape index (κ3) is 3.95. The predicted molar refractivity (Wildman–Crippen MR) is 100 cm³/mol. The number of aryl methyl sites for hydroxylation is 1. The van der Waals surface area contributed by atoms with Gasteiger partial charge < -0.3 is 19.4 Å². The van der Waals surface area contributed by atoms with E-state index in [1.807, 2.05) is 30.5 Å². The average molecular weight is 370 g/mol. The number of aromatic carboxylic acids is 1. The number of carboxylic acids is 1. The molecular formula is C21H23FN2O3. The Labute approximate surface area is 157 Å². The molecule has 0 spiro atoms. The number of nitrogens with zero attached hydrogens (tertiary/aromatic N) is 1. The Morgan fingerprint density at radius 1 is 1.11 bits per heavy atom. The number of hydrogen-bond donors (Lipinski definition) is 2. The van der Waals surface area contributed by atoms with Crippen molar-refractivity contribution in [2.24, 2.45) is 0 Å². The van der Waals surface area contributed by atoms with E-state index in [1.165, 1.54) is 6.07 Å². The van der Waals surface area contributed by atoms with Gasteiger partial charge in [0, 0.05) is 29.1 Å². The monoisotopic (exact) mass is 370 g/mol. The molecule has 6 heteroatoms. The van der Waals surface area contributed by atoms with Crippen molar-refractivity contribution >= 4 is 5.97 Å². The molecule has 0 saturated heterocycles. The van der Waals surface area contributed by atoms with Gasteiger partial charge >= 0.3 is 5.97 Å². The number of nitrogens with one attached hydrogen (secondary N) is 1. The van der Waals surface area contributed by atoms with Gasteiger partial charge in [0.05, 0.1) is 18.7 Å². The van der Waals surface area contributed by atoms with Gasteiger partial charge in [0.25, 0.3) is 0 Å². The minimum absolute atomic E-state index is 0.270. The molecule has 27 heavy (non-hydrogen) atoms. The maximum Gasteiger partial charge on any atom is 0.337 e. The summed E-state index contributed by atoms with van der Waals surface area (Å²) in [6, 6.07) is 10.3. The highest BCUT2D eigenvalue weighted by Gasteiger charge is 2.22. The third-order valence-corrected chi connectivity index (χ3v) is 4.81. The standard InChI is InChI=1S/C21H23FN2O3/c1-13-8-9-17(27-13)10-23-11-18-14(2)24(15(3)20(18)21(25)26)12-16-6-4-5-7-19(16)22/h4-9,23H,10-12H2,1-3H3,(H,25,26). The highest BCUT2D eigenvalue weighted by Crippen LogP contribution is 2.24. The summed E-state index contributed by atoms with van der Waals surface area (Å²) in [5.41, 5.74) is 2.94. The normalized spacial score (nSPS) is 11.1. The van der Waals surface area contributed by atoms with Crippen molar-refractivity contribution in [1.82, 2.24) is 9.88 Å². The zero-order valence-electron chi connectivity index (χ0n) is 15.7. The molecule has 2 N–H and O–H groups in total. The molecule has 0 unspecified atom stereocenters. The van der Waals surface area contributed by atoms with Crippen LogP contribution < -0.4 is 5.32 Å². The second kappa shape index (κ2) is 7.80. The first-order chi connectivity index (χ1) is 12.9. The lowest BCUT2D eigenvalue weighted by atomic mass is 10.1. The Bertz CT molecular complexity index is 972. The Hall–Kier alpha value is -2.86. The van der Waals surface area contributed by atoms with Crippen molar-refractivity contribution in [3.05, 3.63) is 81.8 Å². The zero-order chi connectivity index (χ0) is 19.6. The second-order valence-electron chi connectivity index (χ2n) is 6.62. The fourth-order valence-electron chi connectivity index (χ4n) is 3.37. The molecule has 0 aliphatic rings. The molecule has 0 aliphatic heterocycles. The Kier molecular flexibility index (Phi) is 5.46. The number of carbonyl (C=O) groups is 1. The number of halogens is 1. The molecule has 1 aromatic carbocycles. The van der Waals surface area contributed by atoms with Gasteiger partial charge in [-0.15, -0.1) is 0 Å². The number of hydrogen-bond acceptors (Lipinski definition) is 3. The van der Waals surface area contributed by atoms with Gasteiger partial charge in [-0.25, -0.2) is 9.18 Å². The van der Waals surface area contributed by atoms with Crippen LogP contribution in [0.3, 0.4) is 0 Å². The van der Waals surface area contributed by atoms with Crippen LogP contribution in [0.1, 0.15) is 44.4 Å². The molecule has 0 amide bonds. The maximum atomic E-state index is 14.0. The van der Waals surface area contributed by atoms with E-state index in [-0.39, 0.29) is 11.4 Å². The van der Waals surface area contributed by atoms with Gasteiger partial charge in [-0.2, -0.15) is 0 Å². The first-order valence-electron chi connectivity index (χ1n) is 8.79. The van der Waals surface area contributed by atoms with Crippen LogP contribution in [0.25, 0.3) is 0 Å². The number of aromatic nitrogens is 1.